The van der Waals surface area contributed by atoms with E-state index >= 15 is 0 Å². The van der Waals surface area contributed by atoms with Gasteiger partial charge in [0, 0.05) is 30.6 Å². The van der Waals surface area contributed by atoms with Crippen LogP contribution in [-0.4, -0.2) is 4.98 Å². The summed E-state index contributed by atoms with van der Waals surface area (Å²) in [5.74, 6) is 0. The highest BCUT2D eigenvalue weighted by Crippen LogP contribution is 2.38. The first-order valence-corrected chi connectivity index (χ1v) is 8.03. The zero-order chi connectivity index (χ0) is 13.4. The lowest BCUT2D eigenvalue weighted by Gasteiger charge is -2.10. The normalized spacial score (nSPS) is 10.9. The summed E-state index contributed by atoms with van der Waals surface area (Å²) in [5, 5.41) is 1.11. The summed E-state index contributed by atoms with van der Waals surface area (Å²) in [6.45, 7) is 0. The van der Waals surface area contributed by atoms with Crippen molar-refractivity contribution in [3.8, 4) is 11.1 Å². The highest BCUT2D eigenvalue weighted by atomic mass is 79.9. The van der Waals surface area contributed by atoms with Crippen LogP contribution in [-0.2, 0) is 0 Å². The molecule has 0 fully saturated rings. The molecular weight excluding hydrogens is 434 g/mol. The van der Waals surface area contributed by atoms with Crippen molar-refractivity contribution in [2.24, 2.45) is 0 Å². The van der Waals surface area contributed by atoms with Crippen molar-refractivity contribution in [3.63, 3.8) is 0 Å². The number of benzene rings is 2. The van der Waals surface area contributed by atoms with Gasteiger partial charge in [-0.15, -0.1) is 0 Å². The summed E-state index contributed by atoms with van der Waals surface area (Å²) < 4.78 is 3.02. The summed E-state index contributed by atoms with van der Waals surface area (Å²) in [7, 11) is 0. The molecule has 0 unspecified atom stereocenters. The van der Waals surface area contributed by atoms with Crippen molar-refractivity contribution in [2.45, 2.75) is 0 Å². The standard InChI is InChI=1S/C15H8Br3N/c16-10-6-11-14(9-4-2-1-3-5-9)13(18)8-19-15(11)12(17)7-10/h1-8H. The van der Waals surface area contributed by atoms with Crippen LogP contribution in [0.2, 0.25) is 0 Å². The van der Waals surface area contributed by atoms with E-state index in [4.69, 9.17) is 0 Å². The van der Waals surface area contributed by atoms with Crippen molar-refractivity contribution >= 4 is 58.7 Å². The fourth-order valence-electron chi connectivity index (χ4n) is 2.10. The van der Waals surface area contributed by atoms with E-state index in [2.05, 4.69) is 71.0 Å². The van der Waals surface area contributed by atoms with Gasteiger partial charge in [-0.05, 0) is 49.6 Å². The van der Waals surface area contributed by atoms with E-state index < -0.39 is 0 Å². The summed E-state index contributed by atoms with van der Waals surface area (Å²) >= 11 is 10.7. The Morgan fingerprint density at radius 1 is 0.842 bits per heavy atom. The van der Waals surface area contributed by atoms with E-state index in [0.29, 0.717) is 0 Å². The van der Waals surface area contributed by atoms with Crippen LogP contribution in [0.4, 0.5) is 0 Å². The molecule has 1 nitrogen and oxygen atoms in total. The van der Waals surface area contributed by atoms with Crippen LogP contribution in [0.3, 0.4) is 0 Å². The maximum atomic E-state index is 4.49. The average molecular weight is 442 g/mol. The average Bonchev–Trinajstić information content (AvgIpc) is 2.39. The second kappa shape index (κ2) is 5.35. The van der Waals surface area contributed by atoms with Gasteiger partial charge in [0.2, 0.25) is 0 Å². The summed E-state index contributed by atoms with van der Waals surface area (Å²) in [6, 6.07) is 14.4. The lowest BCUT2D eigenvalue weighted by molar-refractivity contribution is 1.37. The molecule has 0 atom stereocenters. The molecular formula is C15H8Br3N. The van der Waals surface area contributed by atoms with Crippen LogP contribution < -0.4 is 0 Å². The molecule has 1 heterocycles. The number of pyridine rings is 1. The van der Waals surface area contributed by atoms with Crippen LogP contribution in [0, 0.1) is 0 Å². The van der Waals surface area contributed by atoms with E-state index in [9.17, 15) is 0 Å². The van der Waals surface area contributed by atoms with E-state index in [0.717, 1.165) is 29.9 Å². The van der Waals surface area contributed by atoms with Gasteiger partial charge in [0.15, 0.2) is 0 Å². The molecule has 1 aromatic heterocycles. The smallest absolute Gasteiger partial charge is 0.0851 e. The minimum Gasteiger partial charge on any atom is -0.254 e. The topological polar surface area (TPSA) is 12.9 Å². The van der Waals surface area contributed by atoms with Crippen molar-refractivity contribution in [1.29, 1.82) is 0 Å². The van der Waals surface area contributed by atoms with Crippen LogP contribution in [0.5, 0.6) is 0 Å². The molecule has 19 heavy (non-hydrogen) atoms. The minimum atomic E-state index is 0.963. The minimum absolute atomic E-state index is 0.963. The van der Waals surface area contributed by atoms with E-state index in [1.165, 1.54) is 5.56 Å². The van der Waals surface area contributed by atoms with Gasteiger partial charge in [-0.1, -0.05) is 46.3 Å². The van der Waals surface area contributed by atoms with Crippen molar-refractivity contribution in [1.82, 2.24) is 4.98 Å². The van der Waals surface area contributed by atoms with E-state index in [-0.39, 0.29) is 0 Å². The first-order chi connectivity index (χ1) is 9.16. The Balaban J connectivity index is 2.44. The Labute approximate surface area is 136 Å². The third-order valence-electron chi connectivity index (χ3n) is 2.91. The predicted molar refractivity (Wildman–Crippen MR) is 90.3 cm³/mol. The van der Waals surface area contributed by atoms with Crippen LogP contribution in [0.15, 0.2) is 62.1 Å². The molecule has 0 aliphatic rings. The predicted octanol–water partition coefficient (Wildman–Crippen LogP) is 6.19. The molecule has 0 radical (unpaired) electrons. The van der Waals surface area contributed by atoms with E-state index in [1.807, 2.05) is 30.5 Å². The van der Waals surface area contributed by atoms with Gasteiger partial charge in [0.25, 0.3) is 0 Å². The number of aromatic nitrogens is 1. The van der Waals surface area contributed by atoms with Crippen LogP contribution >= 0.6 is 47.8 Å². The van der Waals surface area contributed by atoms with Gasteiger partial charge < -0.3 is 0 Å². The number of fused-ring (bicyclic) bond motifs is 1. The third-order valence-corrected chi connectivity index (χ3v) is 4.57. The monoisotopic (exact) mass is 439 g/mol. The zero-order valence-electron chi connectivity index (χ0n) is 9.70. The Morgan fingerprint density at radius 3 is 2.32 bits per heavy atom. The van der Waals surface area contributed by atoms with Gasteiger partial charge in [-0.2, -0.15) is 0 Å². The lowest BCUT2D eigenvalue weighted by atomic mass is 10.0. The molecule has 94 valence electrons. The second-order valence-corrected chi connectivity index (χ2v) is 6.76. The number of hydrogen-bond donors (Lipinski definition) is 0. The third kappa shape index (κ3) is 2.49. The van der Waals surface area contributed by atoms with Crippen molar-refractivity contribution in [2.75, 3.05) is 0 Å². The van der Waals surface area contributed by atoms with Crippen LogP contribution in [0.25, 0.3) is 22.0 Å². The van der Waals surface area contributed by atoms with Crippen molar-refractivity contribution in [3.05, 3.63) is 62.1 Å². The Bertz CT molecular complexity index is 754. The quantitative estimate of drug-likeness (QED) is 0.438. The van der Waals surface area contributed by atoms with Gasteiger partial charge in [-0.3, -0.25) is 4.98 Å². The highest BCUT2D eigenvalue weighted by molar-refractivity contribution is 9.11. The molecule has 0 N–H and O–H groups in total. The van der Waals surface area contributed by atoms with Gasteiger partial charge in [0.1, 0.15) is 0 Å². The Morgan fingerprint density at radius 2 is 1.58 bits per heavy atom. The molecule has 3 aromatic rings. The largest absolute Gasteiger partial charge is 0.254 e. The second-order valence-electron chi connectivity index (χ2n) is 4.13. The van der Waals surface area contributed by atoms with Gasteiger partial charge in [-0.25, -0.2) is 0 Å². The summed E-state index contributed by atoms with van der Waals surface area (Å²) in [4.78, 5) is 4.49. The molecule has 0 aliphatic carbocycles. The number of nitrogens with zero attached hydrogens (tertiary/aromatic N) is 1. The summed E-state index contributed by atoms with van der Waals surface area (Å²) in [5.41, 5.74) is 3.30. The van der Waals surface area contributed by atoms with Gasteiger partial charge >= 0.3 is 0 Å². The lowest BCUT2D eigenvalue weighted by Crippen LogP contribution is -1.88. The molecule has 0 aliphatic heterocycles. The first-order valence-electron chi connectivity index (χ1n) is 5.65. The number of hydrogen-bond acceptors (Lipinski definition) is 1. The molecule has 0 saturated heterocycles. The Kier molecular flexibility index (Phi) is 3.74. The summed E-state index contributed by atoms with van der Waals surface area (Å²) in [6.07, 6.45) is 1.85. The molecule has 3 rings (SSSR count). The molecule has 4 heteroatoms. The van der Waals surface area contributed by atoms with Gasteiger partial charge in [0.05, 0.1) is 5.52 Å². The molecule has 0 amide bonds. The zero-order valence-corrected chi connectivity index (χ0v) is 14.5. The Hall–Kier alpha value is -0.710. The SMILES string of the molecule is Brc1cc(Br)c2ncc(Br)c(-c3ccccc3)c2c1. The van der Waals surface area contributed by atoms with Crippen molar-refractivity contribution < 1.29 is 0 Å². The maximum Gasteiger partial charge on any atom is 0.0851 e. The molecule has 2 aromatic carbocycles. The molecule has 0 saturated carbocycles. The molecule has 0 spiro atoms. The molecule has 0 bridgehead atoms. The van der Waals surface area contributed by atoms with Crippen LogP contribution in [0.1, 0.15) is 0 Å². The van der Waals surface area contributed by atoms with E-state index in [1.54, 1.807) is 0 Å². The number of halogens is 3. The highest BCUT2D eigenvalue weighted by Gasteiger charge is 2.12. The maximum absolute atomic E-state index is 4.49. The fourth-order valence-corrected chi connectivity index (χ4v) is 3.97. The first kappa shape index (κ1) is 13.3. The number of rotatable bonds is 1. The fraction of sp³-hybridized carbons (Fsp3) is 0.